The number of ether oxygens (including phenoxy) is 1. The van der Waals surface area contributed by atoms with E-state index in [1.165, 1.54) is 5.56 Å². The van der Waals surface area contributed by atoms with Crippen LogP contribution in [-0.2, 0) is 11.3 Å². The van der Waals surface area contributed by atoms with Crippen molar-refractivity contribution in [3.63, 3.8) is 0 Å². The fourth-order valence-electron chi connectivity index (χ4n) is 2.40. The second-order valence-electron chi connectivity index (χ2n) is 4.33. The molecule has 0 bridgehead atoms. The number of hydrogen-bond acceptors (Lipinski definition) is 2. The Morgan fingerprint density at radius 1 is 1.47 bits per heavy atom. The number of aromatic hydroxyl groups is 1. The highest BCUT2D eigenvalue weighted by Crippen LogP contribution is 2.38. The van der Waals surface area contributed by atoms with Gasteiger partial charge < -0.3 is 9.84 Å². The first kappa shape index (κ1) is 10.5. The third-order valence-corrected chi connectivity index (χ3v) is 3.42. The van der Waals surface area contributed by atoms with E-state index in [2.05, 4.69) is 19.9 Å². The van der Waals surface area contributed by atoms with Gasteiger partial charge in [0.25, 0.3) is 0 Å². The lowest BCUT2D eigenvalue weighted by molar-refractivity contribution is 0.0178. The summed E-state index contributed by atoms with van der Waals surface area (Å²) in [5, 5.41) is 9.96. The Balaban J connectivity index is 2.51. The van der Waals surface area contributed by atoms with E-state index >= 15 is 0 Å². The Kier molecular flexibility index (Phi) is 2.70. The van der Waals surface area contributed by atoms with E-state index in [-0.39, 0.29) is 6.10 Å². The number of rotatable bonds is 1. The molecule has 0 unspecified atom stereocenters. The van der Waals surface area contributed by atoms with Gasteiger partial charge in [0.05, 0.1) is 12.7 Å². The van der Waals surface area contributed by atoms with E-state index in [4.69, 9.17) is 4.74 Å². The summed E-state index contributed by atoms with van der Waals surface area (Å²) in [7, 11) is 0. The number of aryl methyl sites for hydroxylation is 1. The van der Waals surface area contributed by atoms with Gasteiger partial charge in [0, 0.05) is 11.5 Å². The molecule has 2 nitrogen and oxygen atoms in total. The monoisotopic (exact) mass is 206 g/mol. The van der Waals surface area contributed by atoms with Crippen LogP contribution in [0.1, 0.15) is 42.9 Å². The van der Waals surface area contributed by atoms with Crippen LogP contribution in [0.4, 0.5) is 0 Å². The third-order valence-electron chi connectivity index (χ3n) is 3.42. The molecule has 2 rings (SSSR count). The van der Waals surface area contributed by atoms with E-state index < -0.39 is 0 Å². The van der Waals surface area contributed by atoms with Gasteiger partial charge in [-0.25, -0.2) is 0 Å². The molecule has 2 heteroatoms. The highest BCUT2D eigenvalue weighted by Gasteiger charge is 2.27. The topological polar surface area (TPSA) is 29.5 Å². The highest BCUT2D eigenvalue weighted by molar-refractivity contribution is 5.47. The zero-order valence-corrected chi connectivity index (χ0v) is 9.58. The second-order valence-corrected chi connectivity index (χ2v) is 4.33. The number of hydrogen-bond donors (Lipinski definition) is 1. The van der Waals surface area contributed by atoms with Crippen molar-refractivity contribution < 1.29 is 9.84 Å². The summed E-state index contributed by atoms with van der Waals surface area (Å²) in [6.07, 6.45) is 1.31. The zero-order valence-electron chi connectivity index (χ0n) is 9.58. The van der Waals surface area contributed by atoms with Gasteiger partial charge in [0.15, 0.2) is 0 Å². The van der Waals surface area contributed by atoms with Crippen LogP contribution in [-0.4, -0.2) is 11.2 Å². The molecule has 0 fully saturated rings. The van der Waals surface area contributed by atoms with Crippen LogP contribution in [0.25, 0.3) is 0 Å². The van der Waals surface area contributed by atoms with E-state index in [1.807, 2.05) is 13.0 Å². The van der Waals surface area contributed by atoms with Gasteiger partial charge in [0.2, 0.25) is 0 Å². The quantitative estimate of drug-likeness (QED) is 0.765. The molecule has 0 aromatic heterocycles. The molecule has 1 heterocycles. The van der Waals surface area contributed by atoms with Crippen molar-refractivity contribution in [1.29, 1.82) is 0 Å². The molecule has 0 saturated carbocycles. The van der Waals surface area contributed by atoms with Crippen LogP contribution in [0.3, 0.4) is 0 Å². The largest absolute Gasteiger partial charge is 0.507 e. The number of benzene rings is 1. The maximum absolute atomic E-state index is 9.96. The van der Waals surface area contributed by atoms with Gasteiger partial charge in [0.1, 0.15) is 5.75 Å². The Morgan fingerprint density at radius 3 is 2.87 bits per heavy atom. The minimum atomic E-state index is 0.254. The Bertz CT molecular complexity index is 371. The van der Waals surface area contributed by atoms with Crippen molar-refractivity contribution in [3.05, 3.63) is 28.8 Å². The van der Waals surface area contributed by atoms with Crippen LogP contribution in [0.15, 0.2) is 12.1 Å². The van der Waals surface area contributed by atoms with Gasteiger partial charge in [-0.05, 0) is 31.4 Å². The van der Waals surface area contributed by atoms with Gasteiger partial charge in [-0.1, -0.05) is 19.1 Å². The lowest BCUT2D eigenvalue weighted by Crippen LogP contribution is -2.25. The smallest absolute Gasteiger partial charge is 0.124 e. The molecule has 0 saturated heterocycles. The lowest BCUT2D eigenvalue weighted by atomic mass is 9.85. The van der Waals surface area contributed by atoms with E-state index in [0.717, 1.165) is 17.5 Å². The van der Waals surface area contributed by atoms with Crippen molar-refractivity contribution in [3.8, 4) is 5.75 Å². The van der Waals surface area contributed by atoms with E-state index in [1.54, 1.807) is 0 Å². The van der Waals surface area contributed by atoms with Crippen molar-refractivity contribution in [2.75, 3.05) is 0 Å². The molecule has 0 amide bonds. The lowest BCUT2D eigenvalue weighted by Gasteiger charge is -2.31. The van der Waals surface area contributed by atoms with Crippen LogP contribution in [0.2, 0.25) is 0 Å². The maximum atomic E-state index is 9.96. The molecule has 1 aliphatic heterocycles. The summed E-state index contributed by atoms with van der Waals surface area (Å²) >= 11 is 0. The first-order chi connectivity index (χ1) is 7.15. The zero-order chi connectivity index (χ0) is 11.0. The number of phenols is 1. The molecule has 82 valence electrons. The van der Waals surface area contributed by atoms with Gasteiger partial charge in [-0.15, -0.1) is 0 Å². The van der Waals surface area contributed by atoms with Crippen LogP contribution in [0, 0.1) is 6.92 Å². The van der Waals surface area contributed by atoms with Gasteiger partial charge in [-0.3, -0.25) is 0 Å². The Hall–Kier alpha value is -1.02. The van der Waals surface area contributed by atoms with Crippen LogP contribution < -0.4 is 0 Å². The Labute approximate surface area is 90.9 Å². The van der Waals surface area contributed by atoms with Crippen molar-refractivity contribution >= 4 is 0 Å². The third kappa shape index (κ3) is 1.63. The van der Waals surface area contributed by atoms with E-state index in [9.17, 15) is 5.11 Å². The molecule has 0 radical (unpaired) electrons. The molecule has 1 aliphatic rings. The minimum Gasteiger partial charge on any atom is -0.507 e. The van der Waals surface area contributed by atoms with Gasteiger partial charge in [-0.2, -0.15) is 0 Å². The summed E-state index contributed by atoms with van der Waals surface area (Å²) in [5.41, 5.74) is 3.18. The van der Waals surface area contributed by atoms with E-state index in [0.29, 0.717) is 18.3 Å². The standard InChI is InChI=1S/C13H18O2/c1-4-10-9(3)15-7-12-11(10)6-5-8(2)13(12)14/h5-6,9-10,14H,4,7H2,1-3H3/t9-,10+/m0/s1. The van der Waals surface area contributed by atoms with Crippen molar-refractivity contribution in [2.24, 2.45) is 0 Å². The molecule has 2 atom stereocenters. The second kappa shape index (κ2) is 3.86. The Morgan fingerprint density at radius 2 is 2.20 bits per heavy atom. The van der Waals surface area contributed by atoms with Crippen molar-refractivity contribution in [1.82, 2.24) is 0 Å². The van der Waals surface area contributed by atoms with Gasteiger partial charge >= 0.3 is 0 Å². The molecule has 1 aromatic rings. The summed E-state index contributed by atoms with van der Waals surface area (Å²) in [4.78, 5) is 0. The average Bonchev–Trinajstić information content (AvgIpc) is 2.23. The molecule has 1 aromatic carbocycles. The summed E-state index contributed by atoms with van der Waals surface area (Å²) in [5.74, 6) is 0.832. The number of phenolic OH excluding ortho intramolecular Hbond substituents is 1. The normalized spacial score (nSPS) is 25.0. The van der Waals surface area contributed by atoms with Crippen LogP contribution >= 0.6 is 0 Å². The SMILES string of the molecule is CC[C@H]1c2ccc(C)c(O)c2CO[C@H]1C. The predicted molar refractivity (Wildman–Crippen MR) is 60.1 cm³/mol. The predicted octanol–water partition coefficient (Wildman–Crippen LogP) is 3.11. The average molecular weight is 206 g/mol. The minimum absolute atomic E-state index is 0.254. The fraction of sp³-hybridized carbons (Fsp3) is 0.538. The first-order valence-corrected chi connectivity index (χ1v) is 5.58. The number of fused-ring (bicyclic) bond motifs is 1. The molecule has 0 spiro atoms. The molecule has 15 heavy (non-hydrogen) atoms. The summed E-state index contributed by atoms with van der Waals surface area (Å²) in [6, 6.07) is 4.13. The molecular weight excluding hydrogens is 188 g/mol. The summed E-state index contributed by atoms with van der Waals surface area (Å²) in [6.45, 7) is 6.74. The van der Waals surface area contributed by atoms with Crippen LogP contribution in [0.5, 0.6) is 5.75 Å². The highest BCUT2D eigenvalue weighted by atomic mass is 16.5. The summed E-state index contributed by atoms with van der Waals surface area (Å²) < 4.78 is 5.68. The molecule has 1 N–H and O–H groups in total. The fourth-order valence-corrected chi connectivity index (χ4v) is 2.40. The molecule has 0 aliphatic carbocycles. The maximum Gasteiger partial charge on any atom is 0.124 e. The first-order valence-electron chi connectivity index (χ1n) is 5.58. The van der Waals surface area contributed by atoms with Crippen molar-refractivity contribution in [2.45, 2.75) is 45.8 Å². The molecular formula is C13H18O2.